The number of nitrogens with zero attached hydrogens (tertiary/aromatic N) is 1. The molecular weight excluding hydrogens is 216 g/mol. The first-order chi connectivity index (χ1) is 8.22. The molecule has 0 aromatic carbocycles. The second-order valence-electron chi connectivity index (χ2n) is 4.40. The first kappa shape index (κ1) is 14.2. The average molecular weight is 240 g/mol. The zero-order chi connectivity index (χ0) is 12.5. The average Bonchev–Trinajstić information content (AvgIpc) is 2.73. The first-order valence-electron chi connectivity index (χ1n) is 6.23. The predicted octanol–water partition coefficient (Wildman–Crippen LogP) is 1.86. The van der Waals surface area contributed by atoms with Crippen molar-refractivity contribution in [1.29, 1.82) is 0 Å². The van der Waals surface area contributed by atoms with E-state index in [9.17, 15) is 0 Å². The fraction of sp³-hybridized carbons (Fsp3) is 0.692. The van der Waals surface area contributed by atoms with Crippen LogP contribution in [-0.4, -0.2) is 38.7 Å². The maximum absolute atomic E-state index is 5.64. The van der Waals surface area contributed by atoms with Gasteiger partial charge in [0.05, 0.1) is 13.2 Å². The number of hydrogen-bond acceptors (Lipinski definition) is 4. The van der Waals surface area contributed by atoms with Gasteiger partial charge < -0.3 is 19.4 Å². The largest absolute Gasteiger partial charge is 0.462 e. The van der Waals surface area contributed by atoms with E-state index in [0.717, 1.165) is 44.2 Å². The molecule has 0 fully saturated rings. The summed E-state index contributed by atoms with van der Waals surface area (Å²) in [6.07, 6.45) is 1.14. The molecule has 0 radical (unpaired) electrons. The Bertz CT molecular complexity index is 297. The Morgan fingerprint density at radius 2 is 2.06 bits per heavy atom. The highest BCUT2D eigenvalue weighted by Crippen LogP contribution is 2.08. The highest BCUT2D eigenvalue weighted by molar-refractivity contribution is 5.06. The van der Waals surface area contributed by atoms with Gasteiger partial charge in [-0.15, -0.1) is 0 Å². The highest BCUT2D eigenvalue weighted by atomic mass is 16.5. The predicted molar refractivity (Wildman–Crippen MR) is 68.9 cm³/mol. The van der Waals surface area contributed by atoms with Crippen molar-refractivity contribution in [1.82, 2.24) is 10.2 Å². The molecule has 0 atom stereocenters. The minimum absolute atomic E-state index is 0.557. The summed E-state index contributed by atoms with van der Waals surface area (Å²) in [6.45, 7) is 6.20. The third-order valence-electron chi connectivity index (χ3n) is 2.37. The summed E-state index contributed by atoms with van der Waals surface area (Å²) in [4.78, 5) is 2.10. The molecule has 98 valence electrons. The number of hydrogen-bond donors (Lipinski definition) is 1. The van der Waals surface area contributed by atoms with Crippen LogP contribution in [0.4, 0.5) is 0 Å². The van der Waals surface area contributed by atoms with Gasteiger partial charge in [0.1, 0.15) is 18.1 Å². The van der Waals surface area contributed by atoms with Gasteiger partial charge in [0.2, 0.25) is 0 Å². The van der Waals surface area contributed by atoms with Gasteiger partial charge in [0, 0.05) is 6.54 Å². The van der Waals surface area contributed by atoms with Crippen molar-refractivity contribution in [2.45, 2.75) is 26.5 Å². The third-order valence-corrected chi connectivity index (χ3v) is 2.37. The smallest absolute Gasteiger partial charge is 0.129 e. The Balaban J connectivity index is 2.16. The van der Waals surface area contributed by atoms with Crippen LogP contribution in [0.2, 0.25) is 0 Å². The summed E-state index contributed by atoms with van der Waals surface area (Å²) in [6, 6.07) is 3.99. The van der Waals surface area contributed by atoms with Gasteiger partial charge in [-0.25, -0.2) is 0 Å². The quantitative estimate of drug-likeness (QED) is 0.669. The van der Waals surface area contributed by atoms with E-state index in [1.54, 1.807) is 0 Å². The molecule has 1 rings (SSSR count). The minimum Gasteiger partial charge on any atom is -0.462 e. The molecule has 17 heavy (non-hydrogen) atoms. The van der Waals surface area contributed by atoms with Gasteiger partial charge in [0.15, 0.2) is 0 Å². The summed E-state index contributed by atoms with van der Waals surface area (Å²) < 4.78 is 11.1. The third kappa shape index (κ3) is 6.46. The van der Waals surface area contributed by atoms with Crippen molar-refractivity contribution < 1.29 is 9.15 Å². The van der Waals surface area contributed by atoms with E-state index in [0.29, 0.717) is 6.61 Å². The van der Waals surface area contributed by atoms with E-state index in [-0.39, 0.29) is 0 Å². The molecule has 4 heteroatoms. The van der Waals surface area contributed by atoms with E-state index < -0.39 is 0 Å². The lowest BCUT2D eigenvalue weighted by atomic mass is 10.4. The first-order valence-corrected chi connectivity index (χ1v) is 6.23. The SMILES string of the molecule is CCCNCc1ccc(COCCN(C)C)o1. The molecule has 0 aliphatic rings. The molecule has 0 aliphatic heterocycles. The normalized spacial score (nSPS) is 11.3. The van der Waals surface area contributed by atoms with Crippen LogP contribution < -0.4 is 5.32 Å². The van der Waals surface area contributed by atoms with Gasteiger partial charge in [-0.05, 0) is 39.2 Å². The van der Waals surface area contributed by atoms with E-state index in [1.165, 1.54) is 0 Å². The molecule has 1 heterocycles. The zero-order valence-corrected chi connectivity index (χ0v) is 11.2. The van der Waals surface area contributed by atoms with E-state index in [2.05, 4.69) is 17.1 Å². The van der Waals surface area contributed by atoms with Crippen molar-refractivity contribution in [3.05, 3.63) is 23.7 Å². The van der Waals surface area contributed by atoms with Gasteiger partial charge >= 0.3 is 0 Å². The minimum atomic E-state index is 0.557. The summed E-state index contributed by atoms with van der Waals surface area (Å²) in [7, 11) is 4.07. The summed E-state index contributed by atoms with van der Waals surface area (Å²) >= 11 is 0. The molecule has 0 unspecified atom stereocenters. The molecule has 0 saturated heterocycles. The maximum Gasteiger partial charge on any atom is 0.129 e. The fourth-order valence-electron chi connectivity index (χ4n) is 1.40. The molecule has 0 saturated carbocycles. The van der Waals surface area contributed by atoms with Crippen LogP contribution >= 0.6 is 0 Å². The van der Waals surface area contributed by atoms with E-state index in [4.69, 9.17) is 9.15 Å². The van der Waals surface area contributed by atoms with Crippen LogP contribution in [0, 0.1) is 0 Å². The van der Waals surface area contributed by atoms with E-state index >= 15 is 0 Å². The van der Waals surface area contributed by atoms with Crippen LogP contribution in [0.1, 0.15) is 24.9 Å². The Morgan fingerprint density at radius 3 is 2.76 bits per heavy atom. The standard InChI is InChI=1S/C13H24N2O2/c1-4-7-14-10-12-5-6-13(17-12)11-16-9-8-15(2)3/h5-6,14H,4,7-11H2,1-3H3. The van der Waals surface area contributed by atoms with Gasteiger partial charge in [-0.1, -0.05) is 6.92 Å². The molecule has 0 spiro atoms. The van der Waals surface area contributed by atoms with Crippen molar-refractivity contribution >= 4 is 0 Å². The topological polar surface area (TPSA) is 37.6 Å². The molecule has 1 aromatic rings. The number of likely N-dealkylation sites (N-methyl/N-ethyl adjacent to an activating group) is 1. The van der Waals surface area contributed by atoms with Crippen molar-refractivity contribution in [3.63, 3.8) is 0 Å². The summed E-state index contributed by atoms with van der Waals surface area (Å²) in [5.41, 5.74) is 0. The second-order valence-corrected chi connectivity index (χ2v) is 4.40. The van der Waals surface area contributed by atoms with Crippen LogP contribution in [-0.2, 0) is 17.9 Å². The number of ether oxygens (including phenoxy) is 1. The lowest BCUT2D eigenvalue weighted by Gasteiger charge is -2.08. The highest BCUT2D eigenvalue weighted by Gasteiger charge is 2.01. The van der Waals surface area contributed by atoms with Gasteiger partial charge in [-0.2, -0.15) is 0 Å². The van der Waals surface area contributed by atoms with Crippen molar-refractivity contribution in [2.75, 3.05) is 33.8 Å². The number of rotatable bonds is 9. The van der Waals surface area contributed by atoms with E-state index in [1.807, 2.05) is 26.2 Å². The number of nitrogens with one attached hydrogen (secondary N) is 1. The lowest BCUT2D eigenvalue weighted by Crippen LogP contribution is -2.17. The molecule has 0 bridgehead atoms. The second kappa shape index (κ2) is 8.28. The molecule has 1 N–H and O–H groups in total. The molecule has 1 aromatic heterocycles. The summed E-state index contributed by atoms with van der Waals surface area (Å²) in [5, 5.41) is 3.31. The summed E-state index contributed by atoms with van der Waals surface area (Å²) in [5.74, 6) is 1.88. The Labute approximate surface area is 104 Å². The molecule has 0 amide bonds. The van der Waals surface area contributed by atoms with Gasteiger partial charge in [-0.3, -0.25) is 0 Å². The monoisotopic (exact) mass is 240 g/mol. The number of furan rings is 1. The van der Waals surface area contributed by atoms with Crippen LogP contribution in [0.25, 0.3) is 0 Å². The van der Waals surface area contributed by atoms with Gasteiger partial charge in [0.25, 0.3) is 0 Å². The molecule has 0 aliphatic carbocycles. The van der Waals surface area contributed by atoms with Crippen LogP contribution in [0.3, 0.4) is 0 Å². The lowest BCUT2D eigenvalue weighted by molar-refractivity contribution is 0.0918. The zero-order valence-electron chi connectivity index (χ0n) is 11.2. The maximum atomic E-state index is 5.64. The Morgan fingerprint density at radius 1 is 1.29 bits per heavy atom. The fourth-order valence-corrected chi connectivity index (χ4v) is 1.40. The van der Waals surface area contributed by atoms with Crippen molar-refractivity contribution in [2.24, 2.45) is 0 Å². The Kier molecular flexibility index (Phi) is 6.93. The van der Waals surface area contributed by atoms with Crippen LogP contribution in [0.15, 0.2) is 16.5 Å². The Hall–Kier alpha value is -0.840. The van der Waals surface area contributed by atoms with Crippen molar-refractivity contribution in [3.8, 4) is 0 Å². The molecular formula is C13H24N2O2. The van der Waals surface area contributed by atoms with Crippen LogP contribution in [0.5, 0.6) is 0 Å². The molecule has 4 nitrogen and oxygen atoms in total.